The van der Waals surface area contributed by atoms with Crippen LogP contribution >= 0.6 is 11.6 Å². The van der Waals surface area contributed by atoms with Gasteiger partial charge in [-0.05, 0) is 23.3 Å². The molecule has 6 nitrogen and oxygen atoms in total. The Kier molecular flexibility index (Phi) is 5.12. The molecule has 4 rings (SSSR count). The van der Waals surface area contributed by atoms with E-state index in [0.29, 0.717) is 36.9 Å². The first-order valence-corrected chi connectivity index (χ1v) is 9.41. The molecule has 2 aromatic carbocycles. The summed E-state index contributed by atoms with van der Waals surface area (Å²) >= 11 is 5.92. The van der Waals surface area contributed by atoms with Crippen molar-refractivity contribution in [3.8, 4) is 0 Å². The van der Waals surface area contributed by atoms with Crippen LogP contribution in [-0.4, -0.2) is 33.0 Å². The summed E-state index contributed by atoms with van der Waals surface area (Å²) in [5.74, 6) is -0.418. The van der Waals surface area contributed by atoms with E-state index in [1.807, 2.05) is 54.6 Å². The highest BCUT2D eigenvalue weighted by Gasteiger charge is 2.27. The van der Waals surface area contributed by atoms with Crippen molar-refractivity contribution >= 4 is 23.4 Å². The van der Waals surface area contributed by atoms with Gasteiger partial charge in [0.05, 0.1) is 6.54 Å². The number of hydrogen-bond donors (Lipinski definition) is 1. The second-order valence-corrected chi connectivity index (χ2v) is 7.10. The highest BCUT2D eigenvalue weighted by molar-refractivity contribution is 6.30. The van der Waals surface area contributed by atoms with E-state index in [2.05, 4.69) is 10.4 Å². The summed E-state index contributed by atoms with van der Waals surface area (Å²) < 4.78 is 1.61. The van der Waals surface area contributed by atoms with Gasteiger partial charge in [0.15, 0.2) is 5.69 Å². The average Bonchev–Trinajstić information content (AvgIpc) is 3.16. The molecule has 0 fully saturated rings. The number of nitrogens with zero attached hydrogens (tertiary/aromatic N) is 3. The van der Waals surface area contributed by atoms with Crippen LogP contribution < -0.4 is 5.32 Å². The lowest BCUT2D eigenvalue weighted by Gasteiger charge is -2.27. The van der Waals surface area contributed by atoms with Gasteiger partial charge < -0.3 is 10.2 Å². The lowest BCUT2D eigenvalue weighted by molar-refractivity contribution is 0.0683. The Morgan fingerprint density at radius 2 is 1.79 bits per heavy atom. The van der Waals surface area contributed by atoms with Crippen LogP contribution in [0.5, 0.6) is 0 Å². The molecule has 2 amide bonds. The van der Waals surface area contributed by atoms with E-state index in [9.17, 15) is 9.59 Å². The summed E-state index contributed by atoms with van der Waals surface area (Å²) in [6.45, 7) is 2.01. The highest BCUT2D eigenvalue weighted by atomic mass is 35.5. The third kappa shape index (κ3) is 3.92. The van der Waals surface area contributed by atoms with Crippen LogP contribution in [0.4, 0.5) is 0 Å². The maximum absolute atomic E-state index is 12.8. The average molecular weight is 395 g/mol. The van der Waals surface area contributed by atoms with Crippen molar-refractivity contribution in [1.29, 1.82) is 0 Å². The van der Waals surface area contributed by atoms with Crippen LogP contribution in [-0.2, 0) is 19.6 Å². The van der Waals surface area contributed by atoms with Crippen LogP contribution in [0, 0.1) is 0 Å². The van der Waals surface area contributed by atoms with E-state index in [4.69, 9.17) is 11.6 Å². The molecule has 1 aliphatic rings. The van der Waals surface area contributed by atoms with Crippen LogP contribution in [0.3, 0.4) is 0 Å². The summed E-state index contributed by atoms with van der Waals surface area (Å²) in [4.78, 5) is 27.0. The molecule has 1 N–H and O–H groups in total. The zero-order valence-corrected chi connectivity index (χ0v) is 15.9. The van der Waals surface area contributed by atoms with E-state index in [1.54, 1.807) is 15.6 Å². The minimum absolute atomic E-state index is 0.129. The lowest BCUT2D eigenvalue weighted by atomic mass is 10.2. The molecule has 0 bridgehead atoms. The van der Waals surface area contributed by atoms with Crippen molar-refractivity contribution in [2.24, 2.45) is 0 Å². The van der Waals surface area contributed by atoms with Crippen LogP contribution in [0.1, 0.15) is 32.1 Å². The number of hydrogen-bond acceptors (Lipinski definition) is 3. The normalized spacial score (nSPS) is 13.3. The molecule has 7 heteroatoms. The van der Waals surface area contributed by atoms with E-state index < -0.39 is 0 Å². The molecule has 142 valence electrons. The first kappa shape index (κ1) is 18.3. The summed E-state index contributed by atoms with van der Waals surface area (Å²) in [6.07, 6.45) is 0. The van der Waals surface area contributed by atoms with Gasteiger partial charge in [0.2, 0.25) is 0 Å². The maximum atomic E-state index is 12.8. The summed E-state index contributed by atoms with van der Waals surface area (Å²) in [5, 5.41) is 7.81. The molecule has 0 spiro atoms. The fourth-order valence-corrected chi connectivity index (χ4v) is 3.31. The number of nitrogens with one attached hydrogen (secondary N) is 1. The van der Waals surface area contributed by atoms with Crippen LogP contribution in [0.25, 0.3) is 0 Å². The number of amides is 2. The first-order valence-electron chi connectivity index (χ1n) is 9.04. The third-order valence-electron chi connectivity index (χ3n) is 4.68. The number of carbonyl (C=O) groups excluding carboxylic acids is 2. The Bertz CT molecular complexity index is 999. The Balaban J connectivity index is 1.44. The van der Waals surface area contributed by atoms with Gasteiger partial charge in [-0.1, -0.05) is 54.1 Å². The molecule has 3 aromatic rings. The Morgan fingerprint density at radius 1 is 1.04 bits per heavy atom. The molecule has 0 saturated carbocycles. The Morgan fingerprint density at radius 3 is 2.54 bits per heavy atom. The molecule has 2 heterocycles. The van der Waals surface area contributed by atoms with Gasteiger partial charge in [0.1, 0.15) is 5.69 Å². The maximum Gasteiger partial charge on any atom is 0.272 e. The van der Waals surface area contributed by atoms with Crippen molar-refractivity contribution < 1.29 is 9.59 Å². The topological polar surface area (TPSA) is 67.2 Å². The number of fused-ring (bicyclic) bond motifs is 1. The van der Waals surface area contributed by atoms with E-state index in [1.165, 1.54) is 0 Å². The smallest absolute Gasteiger partial charge is 0.272 e. The molecule has 1 aliphatic heterocycles. The Hall–Kier alpha value is -3.12. The minimum atomic E-state index is -0.289. The first-order chi connectivity index (χ1) is 13.6. The second-order valence-electron chi connectivity index (χ2n) is 6.66. The molecule has 1 aromatic heterocycles. The molecular formula is C21H19ClN4O2. The van der Waals surface area contributed by atoms with Crippen molar-refractivity contribution in [2.45, 2.75) is 19.6 Å². The third-order valence-corrected chi connectivity index (χ3v) is 4.94. The van der Waals surface area contributed by atoms with E-state index in [0.717, 1.165) is 11.1 Å². The molecular weight excluding hydrogens is 376 g/mol. The van der Waals surface area contributed by atoms with Gasteiger partial charge in [0, 0.05) is 30.7 Å². The van der Waals surface area contributed by atoms with Crippen LogP contribution in [0.15, 0.2) is 60.7 Å². The van der Waals surface area contributed by atoms with Gasteiger partial charge >= 0.3 is 0 Å². The fraction of sp³-hybridized carbons (Fsp3) is 0.190. The number of benzene rings is 2. The van der Waals surface area contributed by atoms with Crippen molar-refractivity contribution in [2.75, 3.05) is 6.54 Å². The van der Waals surface area contributed by atoms with Crippen molar-refractivity contribution in [3.05, 3.63) is 88.2 Å². The summed E-state index contributed by atoms with van der Waals surface area (Å²) in [7, 11) is 0. The number of carbonyl (C=O) groups is 2. The zero-order valence-electron chi connectivity index (χ0n) is 15.1. The standard InChI is InChI=1S/C21H19ClN4O2/c22-17-8-6-16(7-9-17)14-25-10-11-26-19(21(25)28)12-18(24-26)20(27)23-13-15-4-2-1-3-5-15/h1-9,12H,10-11,13-14H2,(H,23,27). The van der Waals surface area contributed by atoms with Gasteiger partial charge in [-0.3, -0.25) is 14.3 Å². The van der Waals surface area contributed by atoms with Gasteiger partial charge in [-0.25, -0.2) is 0 Å². The minimum Gasteiger partial charge on any atom is -0.347 e. The van der Waals surface area contributed by atoms with E-state index >= 15 is 0 Å². The largest absolute Gasteiger partial charge is 0.347 e. The Labute approximate surface area is 167 Å². The fourth-order valence-electron chi connectivity index (χ4n) is 3.18. The highest BCUT2D eigenvalue weighted by Crippen LogP contribution is 2.18. The van der Waals surface area contributed by atoms with Crippen LogP contribution in [0.2, 0.25) is 5.02 Å². The predicted octanol–water partition coefficient (Wildman–Crippen LogP) is 3.12. The molecule has 28 heavy (non-hydrogen) atoms. The molecule has 0 unspecified atom stereocenters. The molecule has 0 saturated heterocycles. The number of aromatic nitrogens is 2. The SMILES string of the molecule is O=C(NCc1ccccc1)c1cc2n(n1)CCN(Cc1ccc(Cl)cc1)C2=O. The van der Waals surface area contributed by atoms with E-state index in [-0.39, 0.29) is 17.5 Å². The second kappa shape index (κ2) is 7.86. The predicted molar refractivity (Wildman–Crippen MR) is 106 cm³/mol. The molecule has 0 radical (unpaired) electrons. The molecule has 0 aliphatic carbocycles. The quantitative estimate of drug-likeness (QED) is 0.723. The summed E-state index contributed by atoms with van der Waals surface area (Å²) in [5.41, 5.74) is 2.70. The zero-order chi connectivity index (χ0) is 19.5. The molecule has 0 atom stereocenters. The van der Waals surface area contributed by atoms with Gasteiger partial charge in [0.25, 0.3) is 11.8 Å². The number of halogens is 1. The summed E-state index contributed by atoms with van der Waals surface area (Å²) in [6, 6.07) is 18.7. The van der Waals surface area contributed by atoms with Gasteiger partial charge in [-0.15, -0.1) is 0 Å². The monoisotopic (exact) mass is 394 g/mol. The lowest BCUT2D eigenvalue weighted by Crippen LogP contribution is -2.39. The van der Waals surface area contributed by atoms with Crippen molar-refractivity contribution in [1.82, 2.24) is 20.0 Å². The number of rotatable bonds is 5. The van der Waals surface area contributed by atoms with Gasteiger partial charge in [-0.2, -0.15) is 5.10 Å². The van der Waals surface area contributed by atoms with Crippen molar-refractivity contribution in [3.63, 3.8) is 0 Å².